The summed E-state index contributed by atoms with van der Waals surface area (Å²) in [5.74, 6) is 0.744. The molecule has 0 amide bonds. The number of para-hydroxylation sites is 2. The maximum absolute atomic E-state index is 13.6. The number of fused-ring (bicyclic) bond motifs is 2. The van der Waals surface area contributed by atoms with Crippen molar-refractivity contribution in [3.63, 3.8) is 0 Å². The van der Waals surface area contributed by atoms with Crippen molar-refractivity contribution in [1.29, 1.82) is 0 Å². The Morgan fingerprint density at radius 1 is 1.05 bits per heavy atom. The van der Waals surface area contributed by atoms with Crippen molar-refractivity contribution in [2.24, 2.45) is 0 Å². The van der Waals surface area contributed by atoms with Crippen LogP contribution in [0.5, 0.6) is 0 Å². The molecule has 3 heterocycles. The van der Waals surface area contributed by atoms with Gasteiger partial charge in [0.15, 0.2) is 0 Å². The number of carbonyl (C=O) groups is 1. The van der Waals surface area contributed by atoms with Crippen molar-refractivity contribution >= 4 is 17.1 Å². The van der Waals surface area contributed by atoms with Gasteiger partial charge in [-0.25, -0.2) is 14.3 Å². The lowest BCUT2D eigenvalue weighted by atomic mass is 9.85. The zero-order chi connectivity index (χ0) is 27.7. The number of nitrogens with zero attached hydrogens (tertiary/aromatic N) is 5. The summed E-state index contributed by atoms with van der Waals surface area (Å²) in [5.41, 5.74) is 3.57. The third kappa shape index (κ3) is 5.80. The smallest absolute Gasteiger partial charge is 0.420 e. The van der Waals surface area contributed by atoms with E-state index in [0.717, 1.165) is 75.3 Å². The van der Waals surface area contributed by atoms with Gasteiger partial charge in [-0.1, -0.05) is 18.2 Å². The Labute approximate surface area is 237 Å². The predicted molar refractivity (Wildman–Crippen MR) is 155 cm³/mol. The highest BCUT2D eigenvalue weighted by atomic mass is 16.6. The van der Waals surface area contributed by atoms with Gasteiger partial charge in [-0.2, -0.15) is 0 Å². The normalized spacial score (nSPS) is 24.2. The highest BCUT2D eigenvalue weighted by molar-refractivity contribution is 5.87. The Hall–Kier alpha value is -2.81. The quantitative estimate of drug-likeness (QED) is 0.405. The number of rotatable bonds is 5. The molecule has 3 aliphatic rings. The number of hydrogen-bond donors (Lipinski definition) is 0. The van der Waals surface area contributed by atoms with Gasteiger partial charge in [0.25, 0.3) is 0 Å². The molecule has 0 N–H and O–H groups in total. The summed E-state index contributed by atoms with van der Waals surface area (Å²) < 4.78 is 13.2. The second-order valence-corrected chi connectivity index (χ2v) is 12.6. The highest BCUT2D eigenvalue weighted by Crippen LogP contribution is 2.39. The van der Waals surface area contributed by atoms with Crippen LogP contribution >= 0.6 is 0 Å². The van der Waals surface area contributed by atoms with Crippen molar-refractivity contribution in [2.75, 3.05) is 26.3 Å². The van der Waals surface area contributed by atoms with Gasteiger partial charge in [-0.3, -0.25) is 14.8 Å². The molecule has 214 valence electrons. The van der Waals surface area contributed by atoms with E-state index in [9.17, 15) is 4.79 Å². The summed E-state index contributed by atoms with van der Waals surface area (Å²) in [6.07, 6.45) is 9.49. The summed E-state index contributed by atoms with van der Waals surface area (Å²) >= 11 is 0. The predicted octanol–water partition coefficient (Wildman–Crippen LogP) is 5.74. The van der Waals surface area contributed by atoms with Crippen LogP contribution in [-0.4, -0.2) is 74.4 Å². The second kappa shape index (κ2) is 11.6. The molecule has 40 heavy (non-hydrogen) atoms. The number of benzene rings is 1. The second-order valence-electron chi connectivity index (χ2n) is 12.6. The monoisotopic (exact) mass is 545 g/mol. The van der Waals surface area contributed by atoms with E-state index in [0.29, 0.717) is 18.6 Å². The Kier molecular flexibility index (Phi) is 7.93. The lowest BCUT2D eigenvalue weighted by Gasteiger charge is -2.45. The summed E-state index contributed by atoms with van der Waals surface area (Å²) in [6.45, 7) is 10.1. The van der Waals surface area contributed by atoms with Crippen LogP contribution in [0.15, 0.2) is 42.6 Å². The standard InChI is InChI=1S/C32H43N5O3/c1-32(2,3)40-31(38)37-27-11-5-4-10-26(27)34-29(37)22-36(28-12-6-8-23-9-7-17-33-30(23)28)25-15-13-24(14-16-25)35-18-20-39-21-19-35/h4-5,7,9-11,17,24-25,28H,6,8,12-16,18-22H2,1-3H3/t24-,25-,28?. The van der Waals surface area contributed by atoms with E-state index in [1.165, 1.54) is 24.1 Å². The van der Waals surface area contributed by atoms with Crippen LogP contribution in [-0.2, 0) is 22.4 Å². The van der Waals surface area contributed by atoms with Gasteiger partial charge in [0, 0.05) is 31.4 Å². The lowest BCUT2D eigenvalue weighted by molar-refractivity contribution is -0.00537. The van der Waals surface area contributed by atoms with Crippen molar-refractivity contribution < 1.29 is 14.3 Å². The van der Waals surface area contributed by atoms with Crippen LogP contribution in [0.2, 0.25) is 0 Å². The summed E-state index contributed by atoms with van der Waals surface area (Å²) in [4.78, 5) is 28.7. The number of hydrogen-bond acceptors (Lipinski definition) is 7. The highest BCUT2D eigenvalue weighted by Gasteiger charge is 2.37. The van der Waals surface area contributed by atoms with Gasteiger partial charge in [0.1, 0.15) is 11.4 Å². The fourth-order valence-electron chi connectivity index (χ4n) is 6.96. The van der Waals surface area contributed by atoms with Gasteiger partial charge in [0.2, 0.25) is 0 Å². The first kappa shape index (κ1) is 27.4. The Balaban J connectivity index is 1.33. The average molecular weight is 546 g/mol. The number of aryl methyl sites for hydroxylation is 1. The molecule has 8 heteroatoms. The number of ether oxygens (including phenoxy) is 2. The number of morpholine rings is 1. The number of aromatic nitrogens is 3. The summed E-state index contributed by atoms with van der Waals surface area (Å²) in [6, 6.07) is 13.4. The van der Waals surface area contributed by atoms with Gasteiger partial charge in [-0.15, -0.1) is 0 Å². The minimum absolute atomic E-state index is 0.210. The van der Waals surface area contributed by atoms with Crippen LogP contribution in [0, 0.1) is 0 Å². The first-order valence-corrected chi connectivity index (χ1v) is 15.1. The molecule has 3 aromatic rings. The van der Waals surface area contributed by atoms with Crippen molar-refractivity contribution in [3.8, 4) is 0 Å². The molecule has 8 nitrogen and oxygen atoms in total. The molecular weight excluding hydrogens is 502 g/mol. The number of pyridine rings is 1. The molecule has 6 rings (SSSR count). The molecule has 1 aliphatic heterocycles. The lowest BCUT2D eigenvalue weighted by Crippen LogP contribution is -2.48. The van der Waals surface area contributed by atoms with Crippen molar-refractivity contribution in [3.05, 3.63) is 59.7 Å². The number of imidazole rings is 1. The van der Waals surface area contributed by atoms with Crippen LogP contribution in [0.1, 0.15) is 82.4 Å². The van der Waals surface area contributed by atoms with Crippen LogP contribution < -0.4 is 0 Å². The van der Waals surface area contributed by atoms with E-state index in [1.54, 1.807) is 4.57 Å². The van der Waals surface area contributed by atoms with Crippen molar-refractivity contribution in [2.45, 2.75) is 96.0 Å². The Morgan fingerprint density at radius 2 is 1.82 bits per heavy atom. The van der Waals surface area contributed by atoms with E-state index in [1.807, 2.05) is 51.2 Å². The maximum atomic E-state index is 13.6. The first-order valence-electron chi connectivity index (χ1n) is 15.1. The van der Waals surface area contributed by atoms with Gasteiger partial charge in [-0.05, 0) is 89.5 Å². The van der Waals surface area contributed by atoms with Crippen molar-refractivity contribution in [1.82, 2.24) is 24.3 Å². The van der Waals surface area contributed by atoms with Gasteiger partial charge >= 0.3 is 6.09 Å². The third-order valence-corrected chi connectivity index (χ3v) is 8.79. The van der Waals surface area contributed by atoms with Gasteiger partial charge < -0.3 is 9.47 Å². The van der Waals surface area contributed by atoms with E-state index < -0.39 is 5.60 Å². The van der Waals surface area contributed by atoms with E-state index >= 15 is 0 Å². The van der Waals surface area contributed by atoms with E-state index in [4.69, 9.17) is 19.4 Å². The number of carbonyl (C=O) groups excluding carboxylic acids is 1. The van der Waals surface area contributed by atoms with Crippen LogP contribution in [0.25, 0.3) is 11.0 Å². The molecule has 1 aromatic carbocycles. The first-order chi connectivity index (χ1) is 19.4. The fourth-order valence-corrected chi connectivity index (χ4v) is 6.96. The fraction of sp³-hybridized carbons (Fsp3) is 0.594. The molecule has 2 aromatic heterocycles. The summed E-state index contributed by atoms with van der Waals surface area (Å²) in [7, 11) is 0. The maximum Gasteiger partial charge on any atom is 0.420 e. The SMILES string of the molecule is CC(C)(C)OC(=O)n1c(CN(C2CCCc3cccnc32)[C@H]2CC[C@H](N3CCOCC3)CC2)nc2ccccc21. The largest absolute Gasteiger partial charge is 0.443 e. The minimum atomic E-state index is -0.594. The zero-order valence-electron chi connectivity index (χ0n) is 24.2. The van der Waals surface area contributed by atoms with E-state index in [-0.39, 0.29) is 12.1 Å². The van der Waals surface area contributed by atoms with Crippen LogP contribution in [0.3, 0.4) is 0 Å². The zero-order valence-corrected chi connectivity index (χ0v) is 24.2. The molecule has 0 spiro atoms. The molecule has 2 aliphatic carbocycles. The molecule has 1 unspecified atom stereocenters. The molecule has 1 saturated carbocycles. The Bertz CT molecular complexity index is 1320. The molecule has 2 fully saturated rings. The Morgan fingerprint density at radius 3 is 2.60 bits per heavy atom. The van der Waals surface area contributed by atoms with Gasteiger partial charge in [0.05, 0.1) is 42.5 Å². The molecule has 1 atom stereocenters. The third-order valence-electron chi connectivity index (χ3n) is 8.79. The topological polar surface area (TPSA) is 72.7 Å². The molecule has 0 radical (unpaired) electrons. The minimum Gasteiger partial charge on any atom is -0.443 e. The average Bonchev–Trinajstić information content (AvgIpc) is 3.34. The van der Waals surface area contributed by atoms with E-state index in [2.05, 4.69) is 21.9 Å². The summed E-state index contributed by atoms with van der Waals surface area (Å²) in [5, 5.41) is 0. The van der Waals surface area contributed by atoms with Crippen LogP contribution in [0.4, 0.5) is 4.79 Å². The molecule has 0 bridgehead atoms. The molecule has 1 saturated heterocycles. The molecular formula is C32H43N5O3.